The quantitative estimate of drug-likeness (QED) is 0.373. The summed E-state index contributed by atoms with van der Waals surface area (Å²) in [5.74, 6) is 0.114. The molecule has 9 heteroatoms. The van der Waals surface area contributed by atoms with Crippen molar-refractivity contribution in [3.05, 3.63) is 39.7 Å². The minimum atomic E-state index is -0.980. The lowest BCUT2D eigenvalue weighted by Gasteiger charge is -2.39. The van der Waals surface area contributed by atoms with Gasteiger partial charge in [-0.05, 0) is 87.7 Å². The van der Waals surface area contributed by atoms with E-state index in [1.54, 1.807) is 18.3 Å². The minimum absolute atomic E-state index is 0.0225. The van der Waals surface area contributed by atoms with E-state index in [0.29, 0.717) is 35.9 Å². The zero-order valence-corrected chi connectivity index (χ0v) is 26.3. The van der Waals surface area contributed by atoms with Crippen LogP contribution in [-0.4, -0.2) is 58.0 Å². The van der Waals surface area contributed by atoms with Crippen LogP contribution in [0.2, 0.25) is 0 Å². The first-order chi connectivity index (χ1) is 20.0. The number of thiophene rings is 1. The van der Waals surface area contributed by atoms with Gasteiger partial charge in [0.1, 0.15) is 11.0 Å². The summed E-state index contributed by atoms with van der Waals surface area (Å²) in [5, 5.41) is 10.2. The maximum atomic E-state index is 14.2. The highest BCUT2D eigenvalue weighted by Crippen LogP contribution is 2.42. The molecule has 2 aromatic heterocycles. The average molecular weight is 596 g/mol. The Hall–Kier alpha value is -2.94. The predicted molar refractivity (Wildman–Crippen MR) is 165 cm³/mol. The summed E-state index contributed by atoms with van der Waals surface area (Å²) in [4.78, 5) is 48.8. The first-order valence-electron chi connectivity index (χ1n) is 15.6. The van der Waals surface area contributed by atoms with Crippen LogP contribution in [0.4, 0.5) is 5.69 Å². The summed E-state index contributed by atoms with van der Waals surface area (Å²) in [5.41, 5.74) is 0.938. The summed E-state index contributed by atoms with van der Waals surface area (Å²) >= 11 is 1.29. The van der Waals surface area contributed by atoms with Gasteiger partial charge in [0, 0.05) is 47.8 Å². The second-order valence-corrected chi connectivity index (χ2v) is 14.5. The van der Waals surface area contributed by atoms with Crippen molar-refractivity contribution in [3.63, 3.8) is 0 Å². The molecule has 0 atom stereocenters. The normalized spacial score (nSPS) is 24.8. The number of pyridine rings is 1. The molecule has 5 rings (SSSR count). The molecule has 0 unspecified atom stereocenters. The van der Waals surface area contributed by atoms with Crippen LogP contribution in [0, 0.1) is 11.8 Å². The van der Waals surface area contributed by atoms with Gasteiger partial charge in [0.2, 0.25) is 11.8 Å². The minimum Gasteiger partial charge on any atom is -0.477 e. The van der Waals surface area contributed by atoms with Crippen LogP contribution in [0.25, 0.3) is 0 Å². The molecule has 0 bridgehead atoms. The largest absolute Gasteiger partial charge is 0.477 e. The Morgan fingerprint density at radius 2 is 1.67 bits per heavy atom. The zero-order chi connectivity index (χ0) is 30.0. The Morgan fingerprint density at radius 3 is 2.29 bits per heavy atom. The van der Waals surface area contributed by atoms with Gasteiger partial charge < -0.3 is 19.6 Å². The molecule has 1 saturated heterocycles. The lowest BCUT2D eigenvalue weighted by atomic mass is 9.81. The third-order valence-electron chi connectivity index (χ3n) is 9.18. The Bertz CT molecular complexity index is 1280. The standard InChI is InChI=1S/C33H45N3O5S/c1-21-7-9-22(10-8-21)31(38)36(26-20-27(33(2,3)4)42-29(26)32(39)40)24-11-13-25(14-12-24)41-28-19-23(15-16-34-28)30(37)35-17-5-6-18-35/h15-16,19-22,24-25H,5-14,17-18H2,1-4H3,(H,39,40). The first-order valence-corrected chi connectivity index (χ1v) is 16.5. The fourth-order valence-electron chi connectivity index (χ4n) is 6.58. The number of hydrogen-bond donors (Lipinski definition) is 1. The van der Waals surface area contributed by atoms with Gasteiger partial charge in [-0.1, -0.05) is 27.7 Å². The fraction of sp³-hybridized carbons (Fsp3) is 0.636. The van der Waals surface area contributed by atoms with E-state index in [4.69, 9.17) is 4.74 Å². The lowest BCUT2D eigenvalue weighted by Crippen LogP contribution is -2.47. The van der Waals surface area contributed by atoms with Gasteiger partial charge in [-0.3, -0.25) is 9.59 Å². The SMILES string of the molecule is CC1CCC(C(=O)N(c2cc(C(C)(C)C)sc2C(=O)O)C2CCC(Oc3cc(C(=O)N4CCCC4)ccn3)CC2)CC1. The van der Waals surface area contributed by atoms with Crippen molar-refractivity contribution in [1.82, 2.24) is 9.88 Å². The molecule has 1 N–H and O–H groups in total. The lowest BCUT2D eigenvalue weighted by molar-refractivity contribution is -0.124. The topological polar surface area (TPSA) is 100 Å². The molecule has 0 radical (unpaired) electrons. The molecule has 228 valence electrons. The van der Waals surface area contributed by atoms with Crippen molar-refractivity contribution in [2.75, 3.05) is 18.0 Å². The number of aromatic carboxylic acids is 1. The number of carbonyl (C=O) groups is 3. The Balaban J connectivity index is 1.33. The van der Waals surface area contributed by atoms with Gasteiger partial charge in [0.25, 0.3) is 5.91 Å². The van der Waals surface area contributed by atoms with Gasteiger partial charge in [0.05, 0.1) is 5.69 Å². The first kappa shape index (κ1) is 30.5. The number of likely N-dealkylation sites (tertiary alicyclic amines) is 1. The molecule has 3 aliphatic rings. The van der Waals surface area contributed by atoms with Gasteiger partial charge in [-0.25, -0.2) is 9.78 Å². The van der Waals surface area contributed by atoms with Crippen LogP contribution in [0.3, 0.4) is 0 Å². The van der Waals surface area contributed by atoms with E-state index in [2.05, 4.69) is 32.7 Å². The Morgan fingerprint density at radius 1 is 1.00 bits per heavy atom. The molecule has 0 aromatic carbocycles. The van der Waals surface area contributed by atoms with Gasteiger partial charge in [-0.2, -0.15) is 0 Å². The predicted octanol–water partition coefficient (Wildman–Crippen LogP) is 6.92. The van der Waals surface area contributed by atoms with Crippen LogP contribution >= 0.6 is 11.3 Å². The highest BCUT2D eigenvalue weighted by Gasteiger charge is 2.38. The molecular formula is C33H45N3O5S. The van der Waals surface area contributed by atoms with E-state index in [0.717, 1.165) is 69.3 Å². The summed E-state index contributed by atoms with van der Waals surface area (Å²) in [7, 11) is 0. The van der Waals surface area contributed by atoms with Crippen molar-refractivity contribution in [2.24, 2.45) is 11.8 Å². The number of ether oxygens (including phenoxy) is 1. The molecule has 2 aromatic rings. The summed E-state index contributed by atoms with van der Waals surface area (Å²) in [6.45, 7) is 10.1. The van der Waals surface area contributed by atoms with E-state index >= 15 is 0 Å². The molecule has 2 saturated carbocycles. The second kappa shape index (κ2) is 12.7. The van der Waals surface area contributed by atoms with E-state index < -0.39 is 5.97 Å². The van der Waals surface area contributed by atoms with E-state index in [9.17, 15) is 19.5 Å². The number of anilines is 1. The number of amides is 2. The van der Waals surface area contributed by atoms with Crippen molar-refractivity contribution < 1.29 is 24.2 Å². The zero-order valence-electron chi connectivity index (χ0n) is 25.4. The van der Waals surface area contributed by atoms with Crippen LogP contribution in [0.5, 0.6) is 5.88 Å². The molecular weight excluding hydrogens is 550 g/mol. The van der Waals surface area contributed by atoms with Crippen LogP contribution in [0.15, 0.2) is 24.4 Å². The third-order valence-corrected chi connectivity index (χ3v) is 10.7. The maximum absolute atomic E-state index is 14.2. The third kappa shape index (κ3) is 6.82. The molecule has 42 heavy (non-hydrogen) atoms. The summed E-state index contributed by atoms with van der Waals surface area (Å²) in [6, 6.07) is 5.35. The van der Waals surface area contributed by atoms with Gasteiger partial charge in [-0.15, -0.1) is 11.3 Å². The van der Waals surface area contributed by atoms with Crippen molar-refractivity contribution in [2.45, 2.75) is 109 Å². The second-order valence-electron chi connectivity index (χ2n) is 13.5. The van der Waals surface area contributed by atoms with Crippen molar-refractivity contribution >= 4 is 34.8 Å². The smallest absolute Gasteiger partial charge is 0.348 e. The molecule has 1 aliphatic heterocycles. The number of aromatic nitrogens is 1. The highest BCUT2D eigenvalue weighted by molar-refractivity contribution is 7.14. The summed E-state index contributed by atoms with van der Waals surface area (Å²) < 4.78 is 6.26. The van der Waals surface area contributed by atoms with E-state index in [-0.39, 0.29) is 40.2 Å². The number of carboxylic acid groups (broad SMARTS) is 1. The van der Waals surface area contributed by atoms with E-state index in [1.165, 1.54) is 11.3 Å². The Kier molecular flexibility index (Phi) is 9.26. The van der Waals surface area contributed by atoms with E-state index in [1.807, 2.05) is 15.9 Å². The number of carbonyl (C=O) groups excluding carboxylic acids is 2. The highest BCUT2D eigenvalue weighted by atomic mass is 32.1. The Labute approximate surface area is 253 Å². The molecule has 3 heterocycles. The van der Waals surface area contributed by atoms with Crippen LogP contribution < -0.4 is 9.64 Å². The fourth-order valence-corrected chi connectivity index (χ4v) is 7.63. The number of hydrogen-bond acceptors (Lipinski definition) is 6. The number of carboxylic acids is 1. The molecule has 2 amide bonds. The van der Waals surface area contributed by atoms with Crippen molar-refractivity contribution in [1.29, 1.82) is 0 Å². The average Bonchev–Trinajstić information content (AvgIpc) is 3.66. The van der Waals surface area contributed by atoms with Crippen molar-refractivity contribution in [3.8, 4) is 5.88 Å². The van der Waals surface area contributed by atoms with Crippen LogP contribution in [-0.2, 0) is 10.2 Å². The molecule has 0 spiro atoms. The molecule has 8 nitrogen and oxygen atoms in total. The maximum Gasteiger partial charge on any atom is 0.348 e. The number of rotatable bonds is 7. The molecule has 2 aliphatic carbocycles. The summed E-state index contributed by atoms with van der Waals surface area (Å²) in [6.07, 6.45) is 10.3. The van der Waals surface area contributed by atoms with Crippen LogP contribution in [0.1, 0.15) is 117 Å². The monoisotopic (exact) mass is 595 g/mol. The number of nitrogens with zero attached hydrogens (tertiary/aromatic N) is 3. The van der Waals surface area contributed by atoms with Gasteiger partial charge in [0.15, 0.2) is 0 Å². The molecule has 3 fully saturated rings. The van der Waals surface area contributed by atoms with Gasteiger partial charge >= 0.3 is 5.97 Å².